The van der Waals surface area contributed by atoms with Gasteiger partial charge in [-0.05, 0) is 27.6 Å². The van der Waals surface area contributed by atoms with Gasteiger partial charge in [0, 0.05) is 0 Å². The molecule has 0 saturated carbocycles. The van der Waals surface area contributed by atoms with Crippen molar-refractivity contribution in [2.24, 2.45) is 0 Å². The summed E-state index contributed by atoms with van der Waals surface area (Å²) in [5, 5.41) is 2.28. The van der Waals surface area contributed by atoms with Gasteiger partial charge in [-0.1, -0.05) is 80.7 Å². The van der Waals surface area contributed by atoms with Crippen molar-refractivity contribution in [1.29, 1.82) is 0 Å². The number of hydrogen-bond donors (Lipinski definition) is 0. The lowest BCUT2D eigenvalue weighted by atomic mass is 10.2. The average molecular weight is 250 g/mol. The Kier molecular flexibility index (Phi) is 4.42. The fourth-order valence-electron chi connectivity index (χ4n) is 2.70. The Morgan fingerprint density at radius 3 is 1.88 bits per heavy atom. The predicted octanol–water partition coefficient (Wildman–Crippen LogP) is 4.95. The van der Waals surface area contributed by atoms with Gasteiger partial charge in [0.1, 0.15) is 0 Å². The third-order valence-corrected chi connectivity index (χ3v) is 6.40. The Morgan fingerprint density at radius 1 is 0.941 bits per heavy atom. The van der Waals surface area contributed by atoms with Gasteiger partial charge < -0.3 is 0 Å². The van der Waals surface area contributed by atoms with Crippen LogP contribution in [0.1, 0.15) is 54.0 Å². The van der Waals surface area contributed by atoms with Gasteiger partial charge in [0.2, 0.25) is 0 Å². The molecule has 0 fully saturated rings. The van der Waals surface area contributed by atoms with E-state index in [4.69, 9.17) is 0 Å². The van der Waals surface area contributed by atoms with Gasteiger partial charge in [-0.25, -0.2) is 0 Å². The first-order valence-electron chi connectivity index (χ1n) is 6.55. The lowest BCUT2D eigenvalue weighted by Crippen LogP contribution is -2.31. The summed E-state index contributed by atoms with van der Waals surface area (Å²) in [4.78, 5) is 0. The molecule has 1 rings (SSSR count). The van der Waals surface area contributed by atoms with Crippen molar-refractivity contribution in [3.8, 4) is 0 Å². The SMILES string of the molecule is CCc1cccc(P(C(C)(C)C)C(C)(C)C)c1. The van der Waals surface area contributed by atoms with Gasteiger partial charge in [0.15, 0.2) is 0 Å². The molecular weight excluding hydrogens is 223 g/mol. The zero-order chi connectivity index (χ0) is 13.3. The van der Waals surface area contributed by atoms with E-state index in [2.05, 4.69) is 72.7 Å². The monoisotopic (exact) mass is 250 g/mol. The summed E-state index contributed by atoms with van der Waals surface area (Å²) < 4.78 is 0. The molecule has 0 unspecified atom stereocenters. The van der Waals surface area contributed by atoms with E-state index in [1.807, 2.05) is 0 Å². The molecule has 17 heavy (non-hydrogen) atoms. The highest BCUT2D eigenvalue weighted by Gasteiger charge is 2.35. The van der Waals surface area contributed by atoms with Crippen LogP contribution in [0.25, 0.3) is 0 Å². The highest BCUT2D eigenvalue weighted by molar-refractivity contribution is 7.68. The summed E-state index contributed by atoms with van der Waals surface area (Å²) in [6.45, 7) is 16.5. The second-order valence-corrected chi connectivity index (χ2v) is 10.6. The zero-order valence-corrected chi connectivity index (χ0v) is 13.4. The molecule has 0 aromatic heterocycles. The fraction of sp³-hybridized carbons (Fsp3) is 0.625. The Hall–Kier alpha value is -0.350. The summed E-state index contributed by atoms with van der Waals surface area (Å²) in [7, 11) is -0.160. The molecule has 0 radical (unpaired) electrons. The van der Waals surface area contributed by atoms with E-state index in [9.17, 15) is 0 Å². The van der Waals surface area contributed by atoms with Crippen LogP contribution >= 0.6 is 7.92 Å². The van der Waals surface area contributed by atoms with Crippen LogP contribution in [0.15, 0.2) is 24.3 Å². The molecule has 0 spiro atoms. The molecule has 1 heteroatoms. The molecule has 0 N–H and O–H groups in total. The molecule has 0 aliphatic rings. The molecule has 0 nitrogen and oxygen atoms in total. The van der Waals surface area contributed by atoms with E-state index < -0.39 is 0 Å². The van der Waals surface area contributed by atoms with Crippen molar-refractivity contribution < 1.29 is 0 Å². The Bertz CT molecular complexity index is 352. The maximum Gasteiger partial charge on any atom is -0.0134 e. The minimum atomic E-state index is -0.160. The second-order valence-electron chi connectivity index (χ2n) is 6.70. The van der Waals surface area contributed by atoms with Crippen LogP contribution in [-0.2, 0) is 6.42 Å². The molecule has 0 atom stereocenters. The Labute approximate surface area is 109 Å². The molecular formula is C16H27P. The van der Waals surface area contributed by atoms with E-state index in [1.165, 1.54) is 5.56 Å². The Morgan fingerprint density at radius 2 is 1.47 bits per heavy atom. The minimum absolute atomic E-state index is 0.160. The summed E-state index contributed by atoms with van der Waals surface area (Å²) >= 11 is 0. The maximum atomic E-state index is 2.42. The number of benzene rings is 1. The standard InChI is InChI=1S/C16H27P/c1-8-13-10-9-11-14(12-13)17(15(2,3)4)16(5,6)7/h9-12H,8H2,1-7H3. The topological polar surface area (TPSA) is 0 Å². The number of rotatable bonds is 2. The van der Waals surface area contributed by atoms with Crippen molar-refractivity contribution in [3.63, 3.8) is 0 Å². The lowest BCUT2D eigenvalue weighted by molar-refractivity contribution is 0.715. The highest BCUT2D eigenvalue weighted by Crippen LogP contribution is 2.58. The number of aryl methyl sites for hydroxylation is 1. The van der Waals surface area contributed by atoms with Crippen LogP contribution in [0.3, 0.4) is 0 Å². The summed E-state index contributed by atoms with van der Waals surface area (Å²) in [5.74, 6) is 0. The molecule has 0 aliphatic carbocycles. The van der Waals surface area contributed by atoms with Crippen molar-refractivity contribution in [3.05, 3.63) is 29.8 Å². The molecule has 0 amide bonds. The average Bonchev–Trinajstić information content (AvgIpc) is 2.13. The van der Waals surface area contributed by atoms with Crippen molar-refractivity contribution in [2.75, 3.05) is 0 Å². The quantitative estimate of drug-likeness (QED) is 0.651. The molecule has 96 valence electrons. The minimum Gasteiger partial charge on any atom is -0.0643 e. The van der Waals surface area contributed by atoms with E-state index in [0.29, 0.717) is 10.3 Å². The Balaban J connectivity index is 3.23. The van der Waals surface area contributed by atoms with Gasteiger partial charge in [0.05, 0.1) is 0 Å². The smallest absolute Gasteiger partial charge is 0.0134 e. The van der Waals surface area contributed by atoms with Gasteiger partial charge in [-0.15, -0.1) is 0 Å². The third kappa shape index (κ3) is 3.81. The lowest BCUT2D eigenvalue weighted by Gasteiger charge is -2.42. The number of hydrogen-bond acceptors (Lipinski definition) is 0. The van der Waals surface area contributed by atoms with E-state index in [0.717, 1.165) is 6.42 Å². The molecule has 0 aliphatic heterocycles. The summed E-state index contributed by atoms with van der Waals surface area (Å²) in [5.41, 5.74) is 1.46. The molecule has 0 heterocycles. The first-order valence-corrected chi connectivity index (χ1v) is 7.89. The molecule has 0 saturated heterocycles. The van der Waals surface area contributed by atoms with Crippen LogP contribution in [0.2, 0.25) is 0 Å². The van der Waals surface area contributed by atoms with E-state index >= 15 is 0 Å². The van der Waals surface area contributed by atoms with Crippen molar-refractivity contribution >= 4 is 13.2 Å². The third-order valence-electron chi connectivity index (χ3n) is 2.92. The zero-order valence-electron chi connectivity index (χ0n) is 12.5. The van der Waals surface area contributed by atoms with Crippen molar-refractivity contribution in [1.82, 2.24) is 0 Å². The first kappa shape index (κ1) is 14.7. The first-order chi connectivity index (χ1) is 7.66. The van der Waals surface area contributed by atoms with E-state index in [-0.39, 0.29) is 7.92 Å². The predicted molar refractivity (Wildman–Crippen MR) is 81.9 cm³/mol. The molecule has 0 bridgehead atoms. The highest BCUT2D eigenvalue weighted by atomic mass is 31.1. The van der Waals surface area contributed by atoms with Crippen LogP contribution in [0.5, 0.6) is 0 Å². The maximum absolute atomic E-state index is 2.42. The van der Waals surface area contributed by atoms with Gasteiger partial charge >= 0.3 is 0 Å². The fourth-order valence-corrected chi connectivity index (χ4v) is 6.79. The largest absolute Gasteiger partial charge is 0.0643 e. The van der Waals surface area contributed by atoms with Gasteiger partial charge in [-0.3, -0.25) is 0 Å². The van der Waals surface area contributed by atoms with Crippen LogP contribution < -0.4 is 5.30 Å². The van der Waals surface area contributed by atoms with Crippen LogP contribution in [0.4, 0.5) is 0 Å². The van der Waals surface area contributed by atoms with Gasteiger partial charge in [0.25, 0.3) is 0 Å². The molecule has 1 aromatic rings. The summed E-state index contributed by atoms with van der Waals surface area (Å²) in [6, 6.07) is 9.20. The van der Waals surface area contributed by atoms with Crippen LogP contribution in [-0.4, -0.2) is 10.3 Å². The summed E-state index contributed by atoms with van der Waals surface area (Å²) in [6.07, 6.45) is 1.13. The normalized spacial score (nSPS) is 13.2. The molecule has 1 aromatic carbocycles. The van der Waals surface area contributed by atoms with Gasteiger partial charge in [-0.2, -0.15) is 0 Å². The second kappa shape index (κ2) is 5.11. The van der Waals surface area contributed by atoms with Crippen molar-refractivity contribution in [2.45, 2.75) is 65.2 Å². The van der Waals surface area contributed by atoms with E-state index in [1.54, 1.807) is 5.30 Å². The van der Waals surface area contributed by atoms with Crippen LogP contribution in [0, 0.1) is 0 Å².